The third-order valence-electron chi connectivity index (χ3n) is 4.52. The van der Waals surface area contributed by atoms with Crippen molar-refractivity contribution in [1.82, 2.24) is 15.5 Å². The van der Waals surface area contributed by atoms with Crippen molar-refractivity contribution in [2.24, 2.45) is 0 Å². The Morgan fingerprint density at radius 1 is 1.25 bits per heavy atom. The highest BCUT2D eigenvalue weighted by molar-refractivity contribution is 7.92. The van der Waals surface area contributed by atoms with Crippen molar-refractivity contribution in [2.75, 3.05) is 56.4 Å². The highest BCUT2D eigenvalue weighted by Gasteiger charge is 2.26. The first-order valence-corrected chi connectivity index (χ1v) is 10.1. The Bertz CT molecular complexity index is 714. The van der Waals surface area contributed by atoms with E-state index in [1.807, 2.05) is 0 Å². The summed E-state index contributed by atoms with van der Waals surface area (Å²) < 4.78 is 24.9. The maximum Gasteiger partial charge on any atom is 0.251 e. The van der Waals surface area contributed by atoms with Crippen molar-refractivity contribution in [3.8, 4) is 0 Å². The Labute approximate surface area is 143 Å². The van der Waals surface area contributed by atoms with Gasteiger partial charge in [-0.25, -0.2) is 8.42 Å². The number of carbonyl (C=O) groups excluding carboxylic acids is 1. The molecule has 0 saturated carbocycles. The third-order valence-corrected chi connectivity index (χ3v) is 5.70. The number of fused-ring (bicyclic) bond motifs is 1. The smallest absolute Gasteiger partial charge is 0.251 e. The number of carbonyl (C=O) groups is 1. The van der Waals surface area contributed by atoms with Gasteiger partial charge in [0, 0.05) is 51.4 Å². The van der Waals surface area contributed by atoms with E-state index >= 15 is 0 Å². The second kappa shape index (κ2) is 7.08. The molecule has 0 atom stereocenters. The van der Waals surface area contributed by atoms with E-state index in [0.717, 1.165) is 38.3 Å². The second-order valence-corrected chi connectivity index (χ2v) is 8.18. The molecule has 3 rings (SSSR count). The van der Waals surface area contributed by atoms with Crippen molar-refractivity contribution in [1.29, 1.82) is 0 Å². The Morgan fingerprint density at radius 2 is 2.00 bits per heavy atom. The summed E-state index contributed by atoms with van der Waals surface area (Å²) >= 11 is 0. The van der Waals surface area contributed by atoms with Crippen LogP contribution in [0.25, 0.3) is 0 Å². The number of nitrogens with one attached hydrogen (secondary N) is 2. The van der Waals surface area contributed by atoms with Gasteiger partial charge in [-0.15, -0.1) is 0 Å². The molecule has 1 amide bonds. The van der Waals surface area contributed by atoms with Crippen LogP contribution >= 0.6 is 0 Å². The van der Waals surface area contributed by atoms with Gasteiger partial charge >= 0.3 is 0 Å². The molecular formula is C16H24N4O3S. The summed E-state index contributed by atoms with van der Waals surface area (Å²) in [6.07, 6.45) is 1.85. The minimum atomic E-state index is -3.25. The van der Waals surface area contributed by atoms with Crippen LogP contribution in [-0.2, 0) is 16.4 Å². The number of hydrogen-bond acceptors (Lipinski definition) is 5. The van der Waals surface area contributed by atoms with Gasteiger partial charge in [-0.05, 0) is 30.2 Å². The summed E-state index contributed by atoms with van der Waals surface area (Å²) in [6, 6.07) is 5.23. The molecule has 1 aromatic carbocycles. The van der Waals surface area contributed by atoms with Crippen molar-refractivity contribution >= 4 is 21.6 Å². The molecule has 0 radical (unpaired) electrons. The monoisotopic (exact) mass is 352 g/mol. The molecule has 0 spiro atoms. The number of benzene rings is 1. The van der Waals surface area contributed by atoms with E-state index in [9.17, 15) is 13.2 Å². The van der Waals surface area contributed by atoms with Gasteiger partial charge < -0.3 is 10.6 Å². The highest BCUT2D eigenvalue weighted by Crippen LogP contribution is 2.30. The van der Waals surface area contributed by atoms with Gasteiger partial charge in [0.15, 0.2) is 0 Å². The molecule has 2 aliphatic heterocycles. The number of piperazine rings is 1. The van der Waals surface area contributed by atoms with Crippen LogP contribution in [0.15, 0.2) is 18.2 Å². The van der Waals surface area contributed by atoms with E-state index < -0.39 is 10.0 Å². The van der Waals surface area contributed by atoms with Crippen LogP contribution in [0.3, 0.4) is 0 Å². The molecule has 2 aliphatic rings. The van der Waals surface area contributed by atoms with Crippen molar-refractivity contribution < 1.29 is 13.2 Å². The molecular weight excluding hydrogens is 328 g/mol. The standard InChI is InChI=1S/C16H24N4O3S/c1-24(22,23)20-8-4-13-12-14(2-3-15(13)20)16(21)18-7-11-19-9-5-17-6-10-19/h2-3,12,17H,4-11H2,1H3,(H,18,21). The van der Waals surface area contributed by atoms with E-state index in [1.54, 1.807) is 18.2 Å². The predicted molar refractivity (Wildman–Crippen MR) is 94.0 cm³/mol. The number of hydrogen-bond donors (Lipinski definition) is 2. The lowest BCUT2D eigenvalue weighted by molar-refractivity contribution is 0.0947. The molecule has 2 heterocycles. The normalized spacial score (nSPS) is 18.5. The van der Waals surface area contributed by atoms with E-state index in [1.165, 1.54) is 10.6 Å². The molecule has 0 bridgehead atoms. The summed E-state index contributed by atoms with van der Waals surface area (Å²) in [4.78, 5) is 14.6. The van der Waals surface area contributed by atoms with Crippen LogP contribution in [0, 0.1) is 0 Å². The van der Waals surface area contributed by atoms with Crippen LogP contribution in [0.5, 0.6) is 0 Å². The molecule has 7 nitrogen and oxygen atoms in total. The fourth-order valence-corrected chi connectivity index (χ4v) is 4.18. The average molecular weight is 352 g/mol. The van der Waals surface area contributed by atoms with Gasteiger partial charge in [-0.1, -0.05) is 0 Å². The molecule has 0 aliphatic carbocycles. The predicted octanol–water partition coefficient (Wildman–Crippen LogP) is -0.356. The van der Waals surface area contributed by atoms with Crippen LogP contribution in [-0.4, -0.2) is 71.3 Å². The maximum absolute atomic E-state index is 12.3. The van der Waals surface area contributed by atoms with Gasteiger partial charge in [-0.3, -0.25) is 14.0 Å². The summed E-state index contributed by atoms with van der Waals surface area (Å²) in [7, 11) is -3.25. The Hall–Kier alpha value is -1.64. The first-order chi connectivity index (χ1) is 11.4. The van der Waals surface area contributed by atoms with Gasteiger partial charge in [0.2, 0.25) is 10.0 Å². The fourth-order valence-electron chi connectivity index (χ4n) is 3.22. The summed E-state index contributed by atoms with van der Waals surface area (Å²) in [6.45, 7) is 5.92. The van der Waals surface area contributed by atoms with Crippen molar-refractivity contribution in [2.45, 2.75) is 6.42 Å². The van der Waals surface area contributed by atoms with E-state index in [4.69, 9.17) is 0 Å². The van der Waals surface area contributed by atoms with Crippen LogP contribution < -0.4 is 14.9 Å². The van der Waals surface area contributed by atoms with Gasteiger partial charge in [0.1, 0.15) is 0 Å². The zero-order valence-electron chi connectivity index (χ0n) is 13.9. The van der Waals surface area contributed by atoms with Crippen molar-refractivity contribution in [3.63, 3.8) is 0 Å². The van der Waals surface area contributed by atoms with Crippen molar-refractivity contribution in [3.05, 3.63) is 29.3 Å². The number of nitrogens with zero attached hydrogens (tertiary/aromatic N) is 2. The third kappa shape index (κ3) is 3.88. The minimum Gasteiger partial charge on any atom is -0.351 e. The summed E-state index contributed by atoms with van der Waals surface area (Å²) in [5.41, 5.74) is 2.19. The Balaban J connectivity index is 1.58. The minimum absolute atomic E-state index is 0.106. The highest BCUT2D eigenvalue weighted by atomic mass is 32.2. The fraction of sp³-hybridized carbons (Fsp3) is 0.562. The molecule has 24 heavy (non-hydrogen) atoms. The van der Waals surface area contributed by atoms with Gasteiger partial charge in [-0.2, -0.15) is 0 Å². The Morgan fingerprint density at radius 3 is 2.71 bits per heavy atom. The van der Waals surface area contributed by atoms with Crippen LogP contribution in [0.2, 0.25) is 0 Å². The second-order valence-electron chi connectivity index (χ2n) is 6.28. The lowest BCUT2D eigenvalue weighted by Crippen LogP contribution is -2.46. The maximum atomic E-state index is 12.3. The number of rotatable bonds is 5. The van der Waals surface area contributed by atoms with Gasteiger partial charge in [0.05, 0.1) is 11.9 Å². The van der Waals surface area contributed by atoms with E-state index in [0.29, 0.717) is 30.8 Å². The average Bonchev–Trinajstić information content (AvgIpc) is 2.99. The molecule has 132 valence electrons. The van der Waals surface area contributed by atoms with Crippen LogP contribution in [0.1, 0.15) is 15.9 Å². The molecule has 0 aromatic heterocycles. The first kappa shape index (κ1) is 17.2. The summed E-state index contributed by atoms with van der Waals surface area (Å²) in [5, 5.41) is 6.25. The summed E-state index contributed by atoms with van der Waals surface area (Å²) in [5.74, 6) is -0.106. The van der Waals surface area contributed by atoms with E-state index in [2.05, 4.69) is 15.5 Å². The molecule has 1 fully saturated rings. The first-order valence-electron chi connectivity index (χ1n) is 8.27. The zero-order valence-corrected chi connectivity index (χ0v) is 14.7. The lowest BCUT2D eigenvalue weighted by atomic mass is 10.1. The number of amides is 1. The molecule has 0 unspecified atom stereocenters. The largest absolute Gasteiger partial charge is 0.351 e. The topological polar surface area (TPSA) is 81.8 Å². The SMILES string of the molecule is CS(=O)(=O)N1CCc2cc(C(=O)NCCN3CCNCC3)ccc21. The Kier molecular flexibility index (Phi) is 5.07. The number of sulfonamides is 1. The van der Waals surface area contributed by atoms with E-state index in [-0.39, 0.29) is 5.91 Å². The zero-order chi connectivity index (χ0) is 17.2. The lowest BCUT2D eigenvalue weighted by Gasteiger charge is -2.27. The molecule has 1 saturated heterocycles. The molecule has 2 N–H and O–H groups in total. The quantitative estimate of drug-likeness (QED) is 0.757. The molecule has 8 heteroatoms. The number of anilines is 1. The van der Waals surface area contributed by atoms with Gasteiger partial charge in [0.25, 0.3) is 5.91 Å². The molecule has 1 aromatic rings. The van der Waals surface area contributed by atoms with Crippen LogP contribution in [0.4, 0.5) is 5.69 Å².